The molecule has 2 saturated carbocycles. The summed E-state index contributed by atoms with van der Waals surface area (Å²) in [7, 11) is 1.03. The fraction of sp³-hybridized carbons (Fsp3) is 0.846. The molecule has 0 aromatic carbocycles. The first-order valence-corrected chi connectivity index (χ1v) is 7.13. The number of aliphatic hydroxyl groups excluding tert-OH is 1. The molecule has 6 atom stereocenters. The van der Waals surface area contributed by atoms with Crippen molar-refractivity contribution < 1.29 is 55.2 Å². The fourth-order valence-electron chi connectivity index (χ4n) is 4.22. The second-order valence-corrected chi connectivity index (χ2v) is 6.26. The van der Waals surface area contributed by atoms with E-state index in [0.717, 1.165) is 7.11 Å². The predicted octanol–water partition coefficient (Wildman–Crippen LogP) is 0.960. The Morgan fingerprint density at radius 1 is 1.28 bits per heavy atom. The zero-order chi connectivity index (χ0) is 18.9. The summed E-state index contributed by atoms with van der Waals surface area (Å²) in [5.41, 5.74) is -2.45. The molecule has 1 aliphatic heterocycles. The van der Waals surface area contributed by atoms with Crippen LogP contribution in [-0.2, 0) is 23.8 Å². The molecular weight excluding hydrogens is 366 g/mol. The van der Waals surface area contributed by atoms with Crippen LogP contribution >= 0.6 is 0 Å². The molecule has 142 valence electrons. The monoisotopic (exact) mass is 378 g/mol. The molecule has 1 N–H and O–H groups in total. The molecule has 0 amide bonds. The van der Waals surface area contributed by atoms with Gasteiger partial charge < -0.3 is 19.3 Å². The van der Waals surface area contributed by atoms with Gasteiger partial charge in [-0.1, -0.05) is 0 Å². The Kier molecular flexibility index (Phi) is 3.81. The second kappa shape index (κ2) is 5.22. The van der Waals surface area contributed by atoms with Gasteiger partial charge in [0.05, 0.1) is 12.2 Å². The molecule has 12 heteroatoms. The van der Waals surface area contributed by atoms with E-state index in [1.54, 1.807) is 0 Å². The van der Waals surface area contributed by atoms with Crippen molar-refractivity contribution in [3.8, 4) is 0 Å². The lowest BCUT2D eigenvalue weighted by molar-refractivity contribution is -0.316. The summed E-state index contributed by atoms with van der Waals surface area (Å²) >= 11 is 0. The highest BCUT2D eigenvalue weighted by molar-refractivity contribution is 6.04. The van der Waals surface area contributed by atoms with Gasteiger partial charge in [-0.25, -0.2) is 0 Å². The average Bonchev–Trinajstić information content (AvgIpc) is 3.03. The predicted molar refractivity (Wildman–Crippen MR) is 62.7 cm³/mol. The van der Waals surface area contributed by atoms with Gasteiger partial charge in [0.2, 0.25) is 0 Å². The SMILES string of the molecule is COC1C2CC3C(OC(=O)C31C(=O)OC(C(F)(F)F)C(F)(F)F)C2O. The molecular formula is C13H12F6O6. The highest BCUT2D eigenvalue weighted by atomic mass is 19.4. The first-order chi connectivity index (χ1) is 11.4. The van der Waals surface area contributed by atoms with Crippen LogP contribution in [0.2, 0.25) is 0 Å². The first kappa shape index (κ1) is 18.2. The molecule has 2 bridgehead atoms. The van der Waals surface area contributed by atoms with Gasteiger partial charge in [-0.05, 0) is 6.42 Å². The zero-order valence-corrected chi connectivity index (χ0v) is 12.4. The third kappa shape index (κ3) is 2.26. The summed E-state index contributed by atoms with van der Waals surface area (Å²) in [5.74, 6) is -5.30. The van der Waals surface area contributed by atoms with Gasteiger partial charge in [0.1, 0.15) is 6.10 Å². The molecule has 6 nitrogen and oxygen atoms in total. The molecule has 0 radical (unpaired) electrons. The maximum atomic E-state index is 12.6. The van der Waals surface area contributed by atoms with E-state index >= 15 is 0 Å². The average molecular weight is 378 g/mol. The number of carbonyl (C=O) groups is 2. The van der Waals surface area contributed by atoms with E-state index in [-0.39, 0.29) is 6.42 Å². The van der Waals surface area contributed by atoms with E-state index in [0.29, 0.717) is 0 Å². The van der Waals surface area contributed by atoms with E-state index in [2.05, 4.69) is 4.74 Å². The van der Waals surface area contributed by atoms with Crippen LogP contribution in [0.1, 0.15) is 6.42 Å². The van der Waals surface area contributed by atoms with Crippen LogP contribution in [0.3, 0.4) is 0 Å². The van der Waals surface area contributed by atoms with Crippen molar-refractivity contribution in [1.29, 1.82) is 0 Å². The molecule has 25 heavy (non-hydrogen) atoms. The molecule has 1 saturated heterocycles. The van der Waals surface area contributed by atoms with E-state index in [9.17, 15) is 41.0 Å². The number of hydrogen-bond acceptors (Lipinski definition) is 6. The maximum Gasteiger partial charge on any atom is 0.434 e. The Morgan fingerprint density at radius 3 is 2.32 bits per heavy atom. The minimum Gasteiger partial charge on any atom is -0.458 e. The molecule has 1 heterocycles. The molecule has 0 spiro atoms. The Hall–Kier alpha value is -1.56. The van der Waals surface area contributed by atoms with Crippen LogP contribution in [-0.4, -0.2) is 60.9 Å². The van der Waals surface area contributed by atoms with Crippen molar-refractivity contribution in [2.24, 2.45) is 17.3 Å². The minimum atomic E-state index is -5.91. The quantitative estimate of drug-likeness (QED) is 0.448. The number of alkyl halides is 6. The van der Waals surface area contributed by atoms with Crippen molar-refractivity contribution in [1.82, 2.24) is 0 Å². The molecule has 0 aromatic rings. The van der Waals surface area contributed by atoms with Crippen molar-refractivity contribution in [3.05, 3.63) is 0 Å². The van der Waals surface area contributed by atoms with Gasteiger partial charge >= 0.3 is 24.3 Å². The Morgan fingerprint density at radius 2 is 1.84 bits per heavy atom. The largest absolute Gasteiger partial charge is 0.458 e. The summed E-state index contributed by atoms with van der Waals surface area (Å²) in [4.78, 5) is 24.5. The number of rotatable bonds is 3. The first-order valence-electron chi connectivity index (χ1n) is 7.13. The summed E-state index contributed by atoms with van der Waals surface area (Å²) in [6, 6.07) is 0. The second-order valence-electron chi connectivity index (χ2n) is 6.26. The van der Waals surface area contributed by atoms with E-state index < -0.39 is 66.0 Å². The summed E-state index contributed by atoms with van der Waals surface area (Å²) in [6.07, 6.45) is -20.1. The van der Waals surface area contributed by atoms with Gasteiger partial charge in [0.15, 0.2) is 5.41 Å². The Labute approximate surface area is 136 Å². The normalized spacial score (nSPS) is 39.9. The third-order valence-corrected chi connectivity index (χ3v) is 5.11. The third-order valence-electron chi connectivity index (χ3n) is 5.11. The van der Waals surface area contributed by atoms with Crippen LogP contribution in [0, 0.1) is 17.3 Å². The summed E-state index contributed by atoms with van der Waals surface area (Å²) < 4.78 is 89.4. The van der Waals surface area contributed by atoms with Crippen LogP contribution < -0.4 is 0 Å². The van der Waals surface area contributed by atoms with E-state index in [1.165, 1.54) is 0 Å². The van der Waals surface area contributed by atoms with Crippen molar-refractivity contribution in [3.63, 3.8) is 0 Å². The highest BCUT2D eigenvalue weighted by Gasteiger charge is 2.80. The number of ether oxygens (including phenoxy) is 3. The molecule has 2 aliphatic carbocycles. The molecule has 6 unspecified atom stereocenters. The lowest BCUT2D eigenvalue weighted by Gasteiger charge is -2.36. The zero-order valence-electron chi connectivity index (χ0n) is 12.4. The molecule has 3 aliphatic rings. The van der Waals surface area contributed by atoms with Crippen molar-refractivity contribution in [2.45, 2.75) is 43.2 Å². The standard InChI is InChI=1S/C13H12F6O6/c1-23-7-3-2-4-6(5(3)20)24-9(21)11(4,7)10(22)25-8(12(14,15)16)13(17,18)19/h3-8,20H,2H2,1H3. The van der Waals surface area contributed by atoms with Crippen molar-refractivity contribution >= 4 is 11.9 Å². The summed E-state index contributed by atoms with van der Waals surface area (Å²) in [5, 5.41) is 9.99. The van der Waals surface area contributed by atoms with Gasteiger partial charge in [0, 0.05) is 18.9 Å². The number of hydrogen-bond donors (Lipinski definition) is 1. The topological polar surface area (TPSA) is 82.1 Å². The number of carbonyl (C=O) groups excluding carboxylic acids is 2. The van der Waals surface area contributed by atoms with E-state index in [1.807, 2.05) is 0 Å². The van der Waals surface area contributed by atoms with Crippen LogP contribution in [0.5, 0.6) is 0 Å². The Bertz CT molecular complexity index is 589. The van der Waals surface area contributed by atoms with Crippen LogP contribution in [0.25, 0.3) is 0 Å². The maximum absolute atomic E-state index is 12.6. The number of aliphatic hydroxyl groups is 1. The lowest BCUT2D eigenvalue weighted by Crippen LogP contribution is -2.57. The van der Waals surface area contributed by atoms with Crippen LogP contribution in [0.4, 0.5) is 26.3 Å². The van der Waals surface area contributed by atoms with E-state index in [4.69, 9.17) is 9.47 Å². The van der Waals surface area contributed by atoms with Crippen molar-refractivity contribution in [2.75, 3.05) is 7.11 Å². The van der Waals surface area contributed by atoms with Gasteiger partial charge in [0.25, 0.3) is 6.10 Å². The number of halogens is 6. The van der Waals surface area contributed by atoms with Gasteiger partial charge in [-0.2, -0.15) is 26.3 Å². The fourth-order valence-corrected chi connectivity index (χ4v) is 4.22. The minimum absolute atomic E-state index is 0.0200. The smallest absolute Gasteiger partial charge is 0.434 e. The number of methoxy groups -OCH3 is 1. The molecule has 0 aromatic heterocycles. The number of fused-ring (bicyclic) bond motifs is 1. The van der Waals surface area contributed by atoms with Gasteiger partial charge in [-0.15, -0.1) is 0 Å². The highest BCUT2D eigenvalue weighted by Crippen LogP contribution is 2.63. The molecule has 3 fully saturated rings. The number of esters is 2. The Balaban J connectivity index is 1.97. The lowest BCUT2D eigenvalue weighted by atomic mass is 9.71. The van der Waals surface area contributed by atoms with Gasteiger partial charge in [-0.3, -0.25) is 9.59 Å². The van der Waals surface area contributed by atoms with Crippen LogP contribution in [0.15, 0.2) is 0 Å². The summed E-state index contributed by atoms with van der Waals surface area (Å²) in [6.45, 7) is 0. The molecule has 3 rings (SSSR count).